The van der Waals surface area contributed by atoms with Crippen molar-refractivity contribution in [2.24, 2.45) is 5.92 Å². The Labute approximate surface area is 125 Å². The maximum Gasteiger partial charge on any atom is 0.0952 e. The zero-order valence-corrected chi connectivity index (χ0v) is 13.4. The maximum atomic E-state index is 6.35. The van der Waals surface area contributed by atoms with Crippen LogP contribution in [0.1, 0.15) is 44.3 Å². The van der Waals surface area contributed by atoms with Crippen molar-refractivity contribution in [2.45, 2.75) is 44.8 Å². The van der Waals surface area contributed by atoms with Gasteiger partial charge in [-0.15, -0.1) is 0 Å². The lowest BCUT2D eigenvalue weighted by molar-refractivity contribution is -0.0388. The van der Waals surface area contributed by atoms with E-state index in [1.807, 2.05) is 7.05 Å². The Bertz CT molecular complexity index is 379. The molecule has 0 aliphatic heterocycles. The first-order chi connectivity index (χ1) is 9.19. The Hall–Kier alpha value is -0.380. The van der Waals surface area contributed by atoms with Crippen LogP contribution in [0.2, 0.25) is 0 Å². The lowest BCUT2D eigenvalue weighted by Gasteiger charge is -2.31. The molecule has 0 spiro atoms. The highest BCUT2D eigenvalue weighted by atomic mass is 79.9. The van der Waals surface area contributed by atoms with Crippen molar-refractivity contribution >= 4 is 15.9 Å². The predicted octanol–water partition coefficient (Wildman–Crippen LogP) is 4.30. The number of benzene rings is 1. The van der Waals surface area contributed by atoms with Crippen molar-refractivity contribution in [3.8, 4) is 0 Å². The van der Waals surface area contributed by atoms with Gasteiger partial charge < -0.3 is 10.1 Å². The van der Waals surface area contributed by atoms with Gasteiger partial charge in [-0.25, -0.2) is 0 Å². The molecule has 1 aliphatic rings. The van der Waals surface area contributed by atoms with Gasteiger partial charge >= 0.3 is 0 Å². The van der Waals surface area contributed by atoms with Crippen molar-refractivity contribution in [2.75, 3.05) is 13.6 Å². The van der Waals surface area contributed by atoms with E-state index in [1.165, 1.54) is 31.2 Å². The van der Waals surface area contributed by atoms with Crippen LogP contribution in [-0.2, 0) is 4.74 Å². The fourth-order valence-electron chi connectivity index (χ4n) is 2.84. The van der Waals surface area contributed by atoms with Crippen molar-refractivity contribution < 1.29 is 4.74 Å². The Morgan fingerprint density at radius 2 is 2.05 bits per heavy atom. The van der Waals surface area contributed by atoms with Crippen LogP contribution < -0.4 is 5.32 Å². The standard InChI is InChI=1S/C16H24BrNO/c1-12-4-3-5-15(10-12)19-16(11-18-2)13-6-8-14(17)9-7-13/h6-9,12,15-16,18H,3-5,10-11H2,1-2H3. The molecule has 0 amide bonds. The highest BCUT2D eigenvalue weighted by Crippen LogP contribution is 2.30. The summed E-state index contributed by atoms with van der Waals surface area (Å²) in [5.41, 5.74) is 1.26. The number of hydrogen-bond acceptors (Lipinski definition) is 2. The SMILES string of the molecule is CNCC(OC1CCCC(C)C1)c1ccc(Br)cc1. The van der Waals surface area contributed by atoms with Gasteiger partial charge in [0.2, 0.25) is 0 Å². The van der Waals surface area contributed by atoms with Crippen molar-refractivity contribution in [1.82, 2.24) is 5.32 Å². The summed E-state index contributed by atoms with van der Waals surface area (Å²) in [6.45, 7) is 3.20. The molecule has 3 heteroatoms. The van der Waals surface area contributed by atoms with Gasteiger partial charge in [-0.2, -0.15) is 0 Å². The summed E-state index contributed by atoms with van der Waals surface area (Å²) in [7, 11) is 1.98. The van der Waals surface area contributed by atoms with Crippen molar-refractivity contribution in [3.05, 3.63) is 34.3 Å². The summed E-state index contributed by atoms with van der Waals surface area (Å²) in [6.07, 6.45) is 5.66. The van der Waals surface area contributed by atoms with E-state index in [1.54, 1.807) is 0 Å². The van der Waals surface area contributed by atoms with Crippen LogP contribution in [0.5, 0.6) is 0 Å². The minimum Gasteiger partial charge on any atom is -0.369 e. The highest BCUT2D eigenvalue weighted by molar-refractivity contribution is 9.10. The molecule has 3 atom stereocenters. The smallest absolute Gasteiger partial charge is 0.0952 e. The van der Waals surface area contributed by atoms with E-state index in [2.05, 4.69) is 52.4 Å². The third-order valence-corrected chi connectivity index (χ3v) is 4.40. The van der Waals surface area contributed by atoms with E-state index in [9.17, 15) is 0 Å². The van der Waals surface area contributed by atoms with Gasteiger partial charge in [0.1, 0.15) is 0 Å². The summed E-state index contributed by atoms with van der Waals surface area (Å²) in [5, 5.41) is 3.24. The maximum absolute atomic E-state index is 6.35. The van der Waals surface area contributed by atoms with Crippen molar-refractivity contribution in [1.29, 1.82) is 0 Å². The Balaban J connectivity index is 2.01. The van der Waals surface area contributed by atoms with E-state index < -0.39 is 0 Å². The summed E-state index contributed by atoms with van der Waals surface area (Å²) in [6, 6.07) is 8.48. The first-order valence-corrected chi connectivity index (χ1v) is 8.04. The molecule has 0 heterocycles. The molecular weight excluding hydrogens is 302 g/mol. The van der Waals surface area contributed by atoms with E-state index in [0.717, 1.165) is 16.9 Å². The molecule has 1 N–H and O–H groups in total. The van der Waals surface area contributed by atoms with E-state index in [4.69, 9.17) is 4.74 Å². The second kappa shape index (κ2) is 7.41. The summed E-state index contributed by atoms with van der Waals surface area (Å²) in [4.78, 5) is 0. The molecule has 19 heavy (non-hydrogen) atoms. The van der Waals surface area contributed by atoms with Gasteiger partial charge in [0, 0.05) is 11.0 Å². The second-order valence-corrected chi connectivity index (χ2v) is 6.54. The molecule has 2 nitrogen and oxygen atoms in total. The van der Waals surface area contributed by atoms with Crippen LogP contribution in [0.15, 0.2) is 28.7 Å². The number of halogens is 1. The van der Waals surface area contributed by atoms with Gasteiger partial charge in [0.25, 0.3) is 0 Å². The van der Waals surface area contributed by atoms with Crippen LogP contribution in [0.3, 0.4) is 0 Å². The number of ether oxygens (including phenoxy) is 1. The van der Waals surface area contributed by atoms with Crippen LogP contribution in [0.25, 0.3) is 0 Å². The van der Waals surface area contributed by atoms with Crippen LogP contribution in [-0.4, -0.2) is 19.7 Å². The van der Waals surface area contributed by atoms with Crippen LogP contribution in [0, 0.1) is 5.92 Å². The highest BCUT2D eigenvalue weighted by Gasteiger charge is 2.23. The third-order valence-electron chi connectivity index (χ3n) is 3.88. The summed E-state index contributed by atoms with van der Waals surface area (Å²) >= 11 is 3.48. The fourth-order valence-corrected chi connectivity index (χ4v) is 3.11. The largest absolute Gasteiger partial charge is 0.369 e. The van der Waals surface area contributed by atoms with E-state index in [-0.39, 0.29) is 6.10 Å². The monoisotopic (exact) mass is 325 g/mol. The molecule has 106 valence electrons. The Kier molecular flexibility index (Phi) is 5.86. The normalized spacial score (nSPS) is 25.2. The topological polar surface area (TPSA) is 21.3 Å². The second-order valence-electron chi connectivity index (χ2n) is 5.63. The molecule has 1 aromatic carbocycles. The Morgan fingerprint density at radius 3 is 2.68 bits per heavy atom. The molecule has 0 bridgehead atoms. The molecule has 2 rings (SSSR count). The molecule has 1 saturated carbocycles. The average molecular weight is 326 g/mol. The lowest BCUT2D eigenvalue weighted by Crippen LogP contribution is -2.28. The summed E-state index contributed by atoms with van der Waals surface area (Å²) in [5.74, 6) is 0.805. The van der Waals surface area contributed by atoms with E-state index >= 15 is 0 Å². The molecule has 0 aromatic heterocycles. The third kappa shape index (κ3) is 4.59. The number of hydrogen-bond donors (Lipinski definition) is 1. The van der Waals surface area contributed by atoms with Gasteiger partial charge in [0.15, 0.2) is 0 Å². The summed E-state index contributed by atoms with van der Waals surface area (Å²) < 4.78 is 7.47. The van der Waals surface area contributed by atoms with Gasteiger partial charge in [0.05, 0.1) is 12.2 Å². The number of rotatable bonds is 5. The minimum atomic E-state index is 0.161. The molecule has 1 fully saturated rings. The van der Waals surface area contributed by atoms with Gasteiger partial charge in [-0.05, 0) is 43.5 Å². The molecule has 3 unspecified atom stereocenters. The zero-order valence-electron chi connectivity index (χ0n) is 11.9. The first kappa shape index (κ1) is 15.0. The number of likely N-dealkylation sites (N-methyl/N-ethyl adjacent to an activating group) is 1. The fraction of sp³-hybridized carbons (Fsp3) is 0.625. The van der Waals surface area contributed by atoms with Crippen LogP contribution in [0.4, 0.5) is 0 Å². The minimum absolute atomic E-state index is 0.161. The molecule has 0 saturated heterocycles. The van der Waals surface area contributed by atoms with Gasteiger partial charge in [-0.1, -0.05) is 47.8 Å². The lowest BCUT2D eigenvalue weighted by atomic mass is 9.88. The van der Waals surface area contributed by atoms with Gasteiger partial charge in [-0.3, -0.25) is 0 Å². The van der Waals surface area contributed by atoms with Crippen LogP contribution >= 0.6 is 15.9 Å². The first-order valence-electron chi connectivity index (χ1n) is 7.24. The molecule has 1 aromatic rings. The number of nitrogens with one attached hydrogen (secondary N) is 1. The molecule has 1 aliphatic carbocycles. The quantitative estimate of drug-likeness (QED) is 0.871. The van der Waals surface area contributed by atoms with E-state index in [0.29, 0.717) is 6.10 Å². The average Bonchev–Trinajstić information content (AvgIpc) is 2.39. The zero-order chi connectivity index (χ0) is 13.7. The Morgan fingerprint density at radius 1 is 1.32 bits per heavy atom. The molecule has 0 radical (unpaired) electrons. The predicted molar refractivity (Wildman–Crippen MR) is 83.3 cm³/mol. The molecular formula is C16H24BrNO. The van der Waals surface area contributed by atoms with Crippen molar-refractivity contribution in [3.63, 3.8) is 0 Å².